The number of alkyl halides is 6. The molecule has 0 fully saturated rings. The molecule has 6 nitrogen and oxygen atoms in total. The van der Waals surface area contributed by atoms with Crippen LogP contribution in [0, 0.1) is 0 Å². The lowest BCUT2D eigenvalue weighted by Crippen LogP contribution is -2.32. The molecule has 0 spiro atoms. The summed E-state index contributed by atoms with van der Waals surface area (Å²) in [6, 6.07) is 5.12. The fraction of sp³-hybridized carbons (Fsp3) is 0.118. The Morgan fingerprint density at radius 2 is 1.65 bits per heavy atom. The minimum Gasteiger partial charge on any atom is -0.507 e. The minimum atomic E-state index is -6.09. The Balaban J connectivity index is 2.45. The predicted octanol–water partition coefficient (Wildman–Crippen LogP) is 4.83. The van der Waals surface area contributed by atoms with E-state index in [1.54, 1.807) is 0 Å². The lowest BCUT2D eigenvalue weighted by Gasteiger charge is -2.17. The Hall–Kier alpha value is -2.93. The van der Waals surface area contributed by atoms with Crippen LogP contribution in [-0.4, -0.2) is 24.0 Å². The van der Waals surface area contributed by atoms with Crippen LogP contribution in [0.3, 0.4) is 0 Å². The predicted molar refractivity (Wildman–Crippen MR) is 100 cm³/mol. The number of rotatable bonds is 3. The van der Waals surface area contributed by atoms with Crippen molar-refractivity contribution in [3.8, 4) is 16.9 Å². The van der Waals surface area contributed by atoms with Gasteiger partial charge in [-0.3, -0.25) is 9.52 Å². The zero-order valence-corrected chi connectivity index (χ0v) is 16.3. The van der Waals surface area contributed by atoms with Crippen molar-refractivity contribution in [2.45, 2.75) is 11.7 Å². The highest BCUT2D eigenvalue weighted by Gasteiger charge is 2.47. The van der Waals surface area contributed by atoms with Crippen LogP contribution in [0.5, 0.6) is 5.75 Å². The summed E-state index contributed by atoms with van der Waals surface area (Å²) >= 11 is 5.84. The number of hydrogen-bond acceptors (Lipinski definition) is 4. The van der Waals surface area contributed by atoms with Gasteiger partial charge in [0.15, 0.2) is 0 Å². The molecule has 1 aromatic heterocycles. The molecule has 3 aromatic rings. The third kappa shape index (κ3) is 4.28. The molecule has 0 aliphatic carbocycles. The lowest BCUT2D eigenvalue weighted by molar-refractivity contribution is -0.137. The van der Waals surface area contributed by atoms with Gasteiger partial charge in [-0.25, -0.2) is 0 Å². The number of benzene rings is 2. The average molecular weight is 487 g/mol. The first-order chi connectivity index (χ1) is 14.1. The Morgan fingerprint density at radius 3 is 2.23 bits per heavy atom. The van der Waals surface area contributed by atoms with Crippen LogP contribution in [0.2, 0.25) is 5.02 Å². The second-order valence-electron chi connectivity index (χ2n) is 6.17. The summed E-state index contributed by atoms with van der Waals surface area (Å²) in [7, 11) is -6.09. The number of nitrogens with one attached hydrogen (secondary N) is 2. The van der Waals surface area contributed by atoms with Gasteiger partial charge in [0, 0.05) is 27.1 Å². The number of fused-ring (bicyclic) bond motifs is 1. The number of hydrogen-bond donors (Lipinski definition) is 3. The molecule has 0 unspecified atom stereocenters. The molecule has 0 aliphatic rings. The standard InChI is InChI=1S/C17H9ClF6N2O4S/c18-8-2-4-12(27)10(6-8)13-9-3-1-7(16(19,20)21)5-11(9)25-15(28)14(13)26-31(29,30)17(22,23)24/h1-6,26-27H,(H,25,28). The molecular formula is C17H9ClF6N2O4S. The molecule has 31 heavy (non-hydrogen) atoms. The quantitative estimate of drug-likeness (QED) is 0.462. The van der Waals surface area contributed by atoms with Crippen molar-refractivity contribution < 1.29 is 39.9 Å². The van der Waals surface area contributed by atoms with E-state index in [1.165, 1.54) is 6.07 Å². The number of anilines is 1. The van der Waals surface area contributed by atoms with Crippen molar-refractivity contribution >= 4 is 38.2 Å². The van der Waals surface area contributed by atoms with Crippen molar-refractivity contribution in [2.24, 2.45) is 0 Å². The van der Waals surface area contributed by atoms with Gasteiger partial charge in [0.1, 0.15) is 11.4 Å². The van der Waals surface area contributed by atoms with Crippen LogP contribution in [0.1, 0.15) is 5.56 Å². The Labute approximate surface area is 174 Å². The highest BCUT2D eigenvalue weighted by Crippen LogP contribution is 2.41. The maximum Gasteiger partial charge on any atom is 0.516 e. The largest absolute Gasteiger partial charge is 0.516 e. The summed E-state index contributed by atoms with van der Waals surface area (Å²) in [5, 5.41) is 9.81. The number of aromatic amines is 1. The Bertz CT molecular complexity index is 1350. The second kappa shape index (κ2) is 7.34. The van der Waals surface area contributed by atoms with Crippen LogP contribution in [-0.2, 0) is 16.2 Å². The molecule has 2 aromatic carbocycles. The summed E-state index contributed by atoms with van der Waals surface area (Å²) in [6.07, 6.45) is -4.81. The topological polar surface area (TPSA) is 99.3 Å². The smallest absolute Gasteiger partial charge is 0.507 e. The first kappa shape index (κ1) is 22.7. The van der Waals surface area contributed by atoms with Gasteiger partial charge in [-0.2, -0.15) is 34.8 Å². The summed E-state index contributed by atoms with van der Waals surface area (Å²) in [5.41, 5.74) is -11.1. The van der Waals surface area contributed by atoms with Gasteiger partial charge in [0.25, 0.3) is 5.56 Å². The monoisotopic (exact) mass is 486 g/mol. The van der Waals surface area contributed by atoms with Crippen LogP contribution in [0.4, 0.5) is 32.0 Å². The van der Waals surface area contributed by atoms with Crippen molar-refractivity contribution in [1.29, 1.82) is 0 Å². The molecule has 166 valence electrons. The molecule has 0 bridgehead atoms. The van der Waals surface area contributed by atoms with E-state index >= 15 is 0 Å². The van der Waals surface area contributed by atoms with Crippen molar-refractivity contribution in [1.82, 2.24) is 4.98 Å². The molecule has 14 heteroatoms. The van der Waals surface area contributed by atoms with Gasteiger partial charge < -0.3 is 10.1 Å². The van der Waals surface area contributed by atoms with Crippen LogP contribution >= 0.6 is 11.6 Å². The highest BCUT2D eigenvalue weighted by atomic mass is 35.5. The number of phenolic OH excluding ortho intramolecular Hbond substituents is 1. The normalized spacial score (nSPS) is 12.9. The third-order valence-electron chi connectivity index (χ3n) is 4.11. The van der Waals surface area contributed by atoms with Gasteiger partial charge in [0.05, 0.1) is 5.56 Å². The lowest BCUT2D eigenvalue weighted by atomic mass is 9.97. The van der Waals surface area contributed by atoms with E-state index in [-0.39, 0.29) is 16.0 Å². The van der Waals surface area contributed by atoms with Gasteiger partial charge >= 0.3 is 21.7 Å². The van der Waals surface area contributed by atoms with Crippen molar-refractivity contribution in [2.75, 3.05) is 4.72 Å². The molecule has 0 saturated carbocycles. The number of aromatic hydroxyl groups is 1. The van der Waals surface area contributed by atoms with Crippen LogP contribution in [0.15, 0.2) is 41.2 Å². The zero-order valence-electron chi connectivity index (χ0n) is 14.7. The first-order valence-electron chi connectivity index (χ1n) is 7.97. The summed E-state index contributed by atoms with van der Waals surface area (Å²) in [4.78, 5) is 14.4. The van der Waals surface area contributed by atoms with Crippen molar-refractivity contribution in [3.63, 3.8) is 0 Å². The van der Waals surface area contributed by atoms with E-state index in [0.29, 0.717) is 12.1 Å². The molecule has 0 saturated heterocycles. The van der Waals surface area contributed by atoms with E-state index in [2.05, 4.69) is 0 Å². The van der Waals surface area contributed by atoms with E-state index in [0.717, 1.165) is 22.9 Å². The fourth-order valence-electron chi connectivity index (χ4n) is 2.75. The van der Waals surface area contributed by atoms with E-state index in [9.17, 15) is 44.7 Å². The number of H-pyrrole nitrogens is 1. The zero-order chi connectivity index (χ0) is 23.4. The van der Waals surface area contributed by atoms with Crippen LogP contribution in [0.25, 0.3) is 22.0 Å². The number of halogens is 7. The molecule has 3 N–H and O–H groups in total. The molecule has 0 aliphatic heterocycles. The number of aromatic nitrogens is 1. The van der Waals surface area contributed by atoms with E-state index < -0.39 is 55.3 Å². The summed E-state index contributed by atoms with van der Waals surface area (Å²) < 4.78 is 102. The fourth-order valence-corrected chi connectivity index (χ4v) is 3.50. The molecule has 1 heterocycles. The van der Waals surface area contributed by atoms with Gasteiger partial charge in [-0.05, 0) is 30.3 Å². The molecule has 3 rings (SSSR count). The third-order valence-corrected chi connectivity index (χ3v) is 5.43. The maximum absolute atomic E-state index is 13.0. The SMILES string of the molecule is O=c1[nH]c2cc(C(F)(F)F)ccc2c(-c2cc(Cl)ccc2O)c1NS(=O)(=O)C(F)(F)F. The number of sulfonamides is 1. The Kier molecular flexibility index (Phi) is 5.39. The maximum atomic E-state index is 13.0. The van der Waals surface area contributed by atoms with Crippen LogP contribution < -0.4 is 10.3 Å². The van der Waals surface area contributed by atoms with Gasteiger partial charge in [0.2, 0.25) is 0 Å². The minimum absolute atomic E-state index is 0.0576. The molecule has 0 amide bonds. The van der Waals surface area contributed by atoms with E-state index in [1.807, 2.05) is 4.98 Å². The molecule has 0 radical (unpaired) electrons. The van der Waals surface area contributed by atoms with Gasteiger partial charge in [-0.15, -0.1) is 0 Å². The number of phenols is 1. The second-order valence-corrected chi connectivity index (χ2v) is 8.29. The van der Waals surface area contributed by atoms with E-state index in [4.69, 9.17) is 11.6 Å². The summed E-state index contributed by atoms with van der Waals surface area (Å²) in [6.45, 7) is 0. The highest BCUT2D eigenvalue weighted by molar-refractivity contribution is 7.93. The van der Waals surface area contributed by atoms with Crippen molar-refractivity contribution in [3.05, 3.63) is 57.3 Å². The van der Waals surface area contributed by atoms with Gasteiger partial charge in [-0.1, -0.05) is 17.7 Å². The summed E-state index contributed by atoms with van der Waals surface area (Å²) in [5.74, 6) is -0.622. The Morgan fingerprint density at radius 1 is 1.00 bits per heavy atom. The average Bonchev–Trinajstić information content (AvgIpc) is 2.62. The molecular weight excluding hydrogens is 478 g/mol. The first-order valence-corrected chi connectivity index (χ1v) is 9.83. The molecule has 0 atom stereocenters. The number of pyridine rings is 1.